The van der Waals surface area contributed by atoms with Gasteiger partial charge < -0.3 is 19.3 Å². The maximum absolute atomic E-state index is 13.0. The number of benzene rings is 2. The smallest absolute Gasteiger partial charge is 0.254 e. The van der Waals surface area contributed by atoms with E-state index < -0.39 is 0 Å². The maximum atomic E-state index is 13.0. The summed E-state index contributed by atoms with van der Waals surface area (Å²) in [5, 5.41) is 0. The van der Waals surface area contributed by atoms with Gasteiger partial charge in [-0.3, -0.25) is 14.5 Å². The second kappa shape index (κ2) is 10.8. The van der Waals surface area contributed by atoms with E-state index in [-0.39, 0.29) is 17.9 Å². The van der Waals surface area contributed by atoms with Crippen molar-refractivity contribution in [2.45, 2.75) is 19.4 Å². The molecule has 0 spiro atoms. The van der Waals surface area contributed by atoms with Crippen LogP contribution in [-0.4, -0.2) is 92.1 Å². The molecule has 0 saturated carbocycles. The van der Waals surface area contributed by atoms with Crippen molar-refractivity contribution in [1.82, 2.24) is 14.7 Å². The SMILES string of the molecule is COc1cccc(C(=O)N2CCCN(CC3CN(C(=O)c4ccc(C)cc4)CCO3)CC2)c1. The highest BCUT2D eigenvalue weighted by Gasteiger charge is 2.28. The second-order valence-corrected chi connectivity index (χ2v) is 8.79. The zero-order valence-electron chi connectivity index (χ0n) is 19.5. The Hall–Kier alpha value is -2.90. The normalized spacial score (nSPS) is 19.8. The number of amides is 2. The number of aryl methyl sites for hydroxylation is 1. The highest BCUT2D eigenvalue weighted by molar-refractivity contribution is 5.95. The van der Waals surface area contributed by atoms with Crippen LogP contribution in [0, 0.1) is 6.92 Å². The molecule has 4 rings (SSSR count). The molecule has 2 saturated heterocycles. The molecule has 2 fully saturated rings. The molecule has 0 aromatic heterocycles. The number of hydrogen-bond donors (Lipinski definition) is 0. The average molecular weight is 452 g/mol. The zero-order chi connectivity index (χ0) is 23.2. The zero-order valence-corrected chi connectivity index (χ0v) is 19.5. The third-order valence-electron chi connectivity index (χ3n) is 6.38. The van der Waals surface area contributed by atoms with E-state index in [2.05, 4.69) is 4.90 Å². The van der Waals surface area contributed by atoms with Gasteiger partial charge in [0.05, 0.1) is 19.8 Å². The first kappa shape index (κ1) is 23.3. The molecule has 33 heavy (non-hydrogen) atoms. The molecule has 7 heteroatoms. The van der Waals surface area contributed by atoms with Gasteiger partial charge >= 0.3 is 0 Å². The molecule has 176 valence electrons. The molecule has 2 aromatic rings. The van der Waals surface area contributed by atoms with Crippen molar-refractivity contribution in [3.63, 3.8) is 0 Å². The fraction of sp³-hybridized carbons (Fsp3) is 0.462. The van der Waals surface area contributed by atoms with Gasteiger partial charge in [0.15, 0.2) is 0 Å². The van der Waals surface area contributed by atoms with Crippen molar-refractivity contribution >= 4 is 11.8 Å². The van der Waals surface area contributed by atoms with Crippen molar-refractivity contribution in [3.8, 4) is 5.75 Å². The molecule has 2 heterocycles. The number of methoxy groups -OCH3 is 1. The topological polar surface area (TPSA) is 62.3 Å². The number of ether oxygens (including phenoxy) is 2. The van der Waals surface area contributed by atoms with Gasteiger partial charge in [-0.25, -0.2) is 0 Å². The van der Waals surface area contributed by atoms with Gasteiger partial charge in [0.1, 0.15) is 5.75 Å². The van der Waals surface area contributed by atoms with Crippen LogP contribution < -0.4 is 4.74 Å². The minimum Gasteiger partial charge on any atom is -0.497 e. The highest BCUT2D eigenvalue weighted by Crippen LogP contribution is 2.17. The number of carbonyl (C=O) groups is 2. The largest absolute Gasteiger partial charge is 0.497 e. The predicted molar refractivity (Wildman–Crippen MR) is 127 cm³/mol. The van der Waals surface area contributed by atoms with Crippen LogP contribution in [0.2, 0.25) is 0 Å². The van der Waals surface area contributed by atoms with Gasteiger partial charge in [0, 0.05) is 50.4 Å². The molecule has 0 N–H and O–H groups in total. The Morgan fingerprint density at radius 2 is 1.73 bits per heavy atom. The Balaban J connectivity index is 1.31. The summed E-state index contributed by atoms with van der Waals surface area (Å²) in [6, 6.07) is 15.1. The van der Waals surface area contributed by atoms with Crippen molar-refractivity contribution in [2.75, 3.05) is 59.5 Å². The quantitative estimate of drug-likeness (QED) is 0.700. The fourth-order valence-electron chi connectivity index (χ4n) is 4.48. The summed E-state index contributed by atoms with van der Waals surface area (Å²) < 4.78 is 11.3. The maximum Gasteiger partial charge on any atom is 0.254 e. The third kappa shape index (κ3) is 5.92. The lowest BCUT2D eigenvalue weighted by molar-refractivity contribution is -0.0353. The predicted octanol–water partition coefficient (Wildman–Crippen LogP) is 2.69. The summed E-state index contributed by atoms with van der Waals surface area (Å²) in [4.78, 5) is 32.0. The van der Waals surface area contributed by atoms with E-state index in [1.807, 2.05) is 59.2 Å². The standard InChI is InChI=1S/C26H33N3O4/c1-20-7-9-21(10-8-20)25(30)29-15-16-33-24(19-29)18-27-11-4-12-28(14-13-27)26(31)22-5-3-6-23(17-22)32-2/h3,5-10,17,24H,4,11-16,18-19H2,1-2H3. The molecular formula is C26H33N3O4. The van der Waals surface area contributed by atoms with Crippen molar-refractivity contribution < 1.29 is 19.1 Å². The van der Waals surface area contributed by atoms with Crippen molar-refractivity contribution in [2.24, 2.45) is 0 Å². The van der Waals surface area contributed by atoms with Crippen LogP contribution in [0.1, 0.15) is 32.7 Å². The van der Waals surface area contributed by atoms with E-state index in [4.69, 9.17) is 9.47 Å². The lowest BCUT2D eigenvalue weighted by Crippen LogP contribution is -2.50. The summed E-state index contributed by atoms with van der Waals surface area (Å²) >= 11 is 0. The van der Waals surface area contributed by atoms with Crippen molar-refractivity contribution in [3.05, 3.63) is 65.2 Å². The van der Waals surface area contributed by atoms with E-state index in [9.17, 15) is 9.59 Å². The number of morpholine rings is 1. The van der Waals surface area contributed by atoms with Crippen LogP contribution in [-0.2, 0) is 4.74 Å². The Bertz CT molecular complexity index is 962. The van der Waals surface area contributed by atoms with Crippen LogP contribution in [0.5, 0.6) is 5.75 Å². The first-order valence-corrected chi connectivity index (χ1v) is 11.7. The van der Waals surface area contributed by atoms with Gasteiger partial charge in [-0.15, -0.1) is 0 Å². The van der Waals surface area contributed by atoms with Gasteiger partial charge in [-0.1, -0.05) is 23.8 Å². The number of hydrogen-bond acceptors (Lipinski definition) is 5. The molecule has 0 bridgehead atoms. The molecule has 2 aliphatic rings. The van der Waals surface area contributed by atoms with Crippen LogP contribution in [0.4, 0.5) is 0 Å². The molecule has 0 aliphatic carbocycles. The third-order valence-corrected chi connectivity index (χ3v) is 6.38. The second-order valence-electron chi connectivity index (χ2n) is 8.79. The van der Waals surface area contributed by atoms with E-state index in [0.29, 0.717) is 37.6 Å². The minimum atomic E-state index is -0.0196. The molecule has 2 aromatic carbocycles. The number of carbonyl (C=O) groups excluding carboxylic acids is 2. The molecule has 0 radical (unpaired) electrons. The van der Waals surface area contributed by atoms with Crippen LogP contribution in [0.25, 0.3) is 0 Å². The van der Waals surface area contributed by atoms with Gasteiger partial charge in [0.2, 0.25) is 0 Å². The Morgan fingerprint density at radius 3 is 2.52 bits per heavy atom. The minimum absolute atomic E-state index is 0.0196. The fourth-order valence-corrected chi connectivity index (χ4v) is 4.48. The van der Waals surface area contributed by atoms with Crippen LogP contribution in [0.15, 0.2) is 48.5 Å². The van der Waals surface area contributed by atoms with Gasteiger partial charge in [-0.05, 0) is 50.2 Å². The molecular weight excluding hydrogens is 418 g/mol. The Kier molecular flexibility index (Phi) is 7.62. The lowest BCUT2D eigenvalue weighted by atomic mass is 10.1. The summed E-state index contributed by atoms with van der Waals surface area (Å²) in [5.41, 5.74) is 2.53. The molecule has 2 aliphatic heterocycles. The molecule has 7 nitrogen and oxygen atoms in total. The molecule has 2 amide bonds. The Labute approximate surface area is 195 Å². The summed E-state index contributed by atoms with van der Waals surface area (Å²) in [5.74, 6) is 0.797. The first-order valence-electron chi connectivity index (χ1n) is 11.7. The van der Waals surface area contributed by atoms with E-state index in [1.54, 1.807) is 13.2 Å². The highest BCUT2D eigenvalue weighted by atomic mass is 16.5. The van der Waals surface area contributed by atoms with Crippen molar-refractivity contribution in [1.29, 1.82) is 0 Å². The first-order chi connectivity index (χ1) is 16.0. The summed E-state index contributed by atoms with van der Waals surface area (Å²) in [6.07, 6.45) is 0.892. The number of nitrogens with zero attached hydrogens (tertiary/aromatic N) is 3. The van der Waals surface area contributed by atoms with E-state index in [1.165, 1.54) is 0 Å². The van der Waals surface area contributed by atoms with Gasteiger partial charge in [0.25, 0.3) is 11.8 Å². The molecule has 1 unspecified atom stereocenters. The number of rotatable bonds is 5. The Morgan fingerprint density at radius 1 is 0.939 bits per heavy atom. The molecule has 1 atom stereocenters. The van der Waals surface area contributed by atoms with Gasteiger partial charge in [-0.2, -0.15) is 0 Å². The van der Waals surface area contributed by atoms with E-state index >= 15 is 0 Å². The summed E-state index contributed by atoms with van der Waals surface area (Å²) in [7, 11) is 1.61. The van der Waals surface area contributed by atoms with E-state index in [0.717, 1.165) is 43.7 Å². The summed E-state index contributed by atoms with van der Waals surface area (Å²) in [6.45, 7) is 7.66. The lowest BCUT2D eigenvalue weighted by Gasteiger charge is -2.35. The van der Waals surface area contributed by atoms with Crippen LogP contribution in [0.3, 0.4) is 0 Å². The monoisotopic (exact) mass is 451 g/mol. The van der Waals surface area contributed by atoms with Crippen LogP contribution >= 0.6 is 0 Å². The average Bonchev–Trinajstić information content (AvgIpc) is 3.09.